The van der Waals surface area contributed by atoms with E-state index in [2.05, 4.69) is 9.62 Å². The number of likely N-dealkylation sites (tertiary alicyclic amines) is 1. The highest BCUT2D eigenvalue weighted by Gasteiger charge is 2.22. The standard InChI is InChI=1S/C12H20N2O3S2/c1-10(8-14-6-2-3-7-14)13-19(16,17)12-5-4-11(9-15)18-12/h4-5,10,13,15H,2-3,6-9H2,1H3. The number of hydrogen-bond donors (Lipinski definition) is 2. The number of nitrogens with one attached hydrogen (secondary N) is 1. The Balaban J connectivity index is 1.95. The van der Waals surface area contributed by atoms with E-state index < -0.39 is 10.0 Å². The second-order valence-electron chi connectivity index (χ2n) is 4.91. The summed E-state index contributed by atoms with van der Waals surface area (Å²) >= 11 is 1.11. The van der Waals surface area contributed by atoms with Crippen molar-refractivity contribution in [3.8, 4) is 0 Å². The largest absolute Gasteiger partial charge is 0.391 e. The molecule has 0 bridgehead atoms. The molecule has 7 heteroatoms. The van der Waals surface area contributed by atoms with Gasteiger partial charge in [0.15, 0.2) is 0 Å². The number of nitrogens with zero attached hydrogens (tertiary/aromatic N) is 1. The zero-order valence-electron chi connectivity index (χ0n) is 11.0. The summed E-state index contributed by atoms with van der Waals surface area (Å²) in [7, 11) is -3.46. The summed E-state index contributed by atoms with van der Waals surface area (Å²) in [5.74, 6) is 0. The Bertz CT molecular complexity index is 507. The van der Waals surface area contributed by atoms with Crippen LogP contribution in [0.3, 0.4) is 0 Å². The third-order valence-corrected chi connectivity index (χ3v) is 6.30. The first kappa shape index (κ1) is 14.9. The van der Waals surface area contributed by atoms with E-state index in [0.717, 1.165) is 31.0 Å². The molecule has 2 N–H and O–H groups in total. The molecule has 108 valence electrons. The van der Waals surface area contributed by atoms with Gasteiger partial charge in [-0.3, -0.25) is 0 Å². The van der Waals surface area contributed by atoms with Crippen molar-refractivity contribution in [2.75, 3.05) is 19.6 Å². The van der Waals surface area contributed by atoms with Gasteiger partial charge in [0.2, 0.25) is 10.0 Å². The van der Waals surface area contributed by atoms with Crippen molar-refractivity contribution in [1.29, 1.82) is 0 Å². The average Bonchev–Trinajstić information content (AvgIpc) is 2.97. The van der Waals surface area contributed by atoms with Gasteiger partial charge >= 0.3 is 0 Å². The topological polar surface area (TPSA) is 69.6 Å². The minimum Gasteiger partial charge on any atom is -0.391 e. The Labute approximate surface area is 118 Å². The lowest BCUT2D eigenvalue weighted by Crippen LogP contribution is -2.40. The van der Waals surface area contributed by atoms with Crippen molar-refractivity contribution in [3.63, 3.8) is 0 Å². The first-order chi connectivity index (χ1) is 9.01. The van der Waals surface area contributed by atoms with E-state index in [1.54, 1.807) is 12.1 Å². The first-order valence-corrected chi connectivity index (χ1v) is 8.75. The minimum absolute atomic E-state index is 0.109. The molecule has 0 radical (unpaired) electrons. The fourth-order valence-corrected chi connectivity index (χ4v) is 4.77. The number of rotatable bonds is 6. The fourth-order valence-electron chi connectivity index (χ4n) is 2.30. The molecule has 0 saturated carbocycles. The quantitative estimate of drug-likeness (QED) is 0.823. The van der Waals surface area contributed by atoms with E-state index in [9.17, 15) is 8.42 Å². The van der Waals surface area contributed by atoms with Crippen LogP contribution in [0.2, 0.25) is 0 Å². The van der Waals surface area contributed by atoms with Crippen LogP contribution in [0.25, 0.3) is 0 Å². The second-order valence-corrected chi connectivity index (χ2v) is 8.02. The average molecular weight is 304 g/mol. The summed E-state index contributed by atoms with van der Waals surface area (Å²) < 4.78 is 27.3. The van der Waals surface area contributed by atoms with Crippen LogP contribution >= 0.6 is 11.3 Å². The van der Waals surface area contributed by atoms with E-state index in [0.29, 0.717) is 4.88 Å². The van der Waals surface area contributed by atoms with Gasteiger partial charge < -0.3 is 10.0 Å². The van der Waals surface area contributed by atoms with Gasteiger partial charge in [0.1, 0.15) is 4.21 Å². The van der Waals surface area contributed by atoms with Crippen molar-refractivity contribution >= 4 is 21.4 Å². The molecule has 1 unspecified atom stereocenters. The number of hydrogen-bond acceptors (Lipinski definition) is 5. The molecule has 1 aromatic rings. The Morgan fingerprint density at radius 2 is 2.11 bits per heavy atom. The van der Waals surface area contributed by atoms with Gasteiger partial charge in [0.25, 0.3) is 0 Å². The molecular weight excluding hydrogens is 284 g/mol. The van der Waals surface area contributed by atoms with Crippen LogP contribution in [0.1, 0.15) is 24.6 Å². The van der Waals surface area contributed by atoms with Crippen LogP contribution < -0.4 is 4.72 Å². The van der Waals surface area contributed by atoms with Gasteiger partial charge in [0, 0.05) is 17.5 Å². The molecule has 2 rings (SSSR count). The normalized spacial score (nSPS) is 18.8. The minimum atomic E-state index is -3.46. The van der Waals surface area contributed by atoms with Gasteiger partial charge in [0.05, 0.1) is 6.61 Å². The molecule has 0 spiro atoms. The van der Waals surface area contributed by atoms with E-state index in [-0.39, 0.29) is 16.9 Å². The molecule has 0 amide bonds. The predicted molar refractivity (Wildman–Crippen MR) is 75.7 cm³/mol. The number of aliphatic hydroxyl groups excluding tert-OH is 1. The van der Waals surface area contributed by atoms with Crippen LogP contribution in [-0.2, 0) is 16.6 Å². The van der Waals surface area contributed by atoms with Crippen LogP contribution in [0.15, 0.2) is 16.3 Å². The maximum Gasteiger partial charge on any atom is 0.250 e. The molecular formula is C12H20N2O3S2. The second kappa shape index (κ2) is 6.32. The van der Waals surface area contributed by atoms with Crippen LogP contribution in [0, 0.1) is 0 Å². The van der Waals surface area contributed by atoms with Gasteiger partial charge in [-0.2, -0.15) is 0 Å². The van der Waals surface area contributed by atoms with Gasteiger partial charge in [-0.15, -0.1) is 11.3 Å². The zero-order chi connectivity index (χ0) is 13.9. The SMILES string of the molecule is CC(CN1CCCC1)NS(=O)(=O)c1ccc(CO)s1. The van der Waals surface area contributed by atoms with E-state index in [1.165, 1.54) is 12.8 Å². The van der Waals surface area contributed by atoms with Crippen LogP contribution in [0.4, 0.5) is 0 Å². The Morgan fingerprint density at radius 3 is 2.68 bits per heavy atom. The summed E-state index contributed by atoms with van der Waals surface area (Å²) in [5, 5.41) is 8.98. The summed E-state index contributed by atoms with van der Waals surface area (Å²) in [4.78, 5) is 2.94. The number of aliphatic hydroxyl groups is 1. The lowest BCUT2D eigenvalue weighted by atomic mass is 10.3. The molecule has 19 heavy (non-hydrogen) atoms. The van der Waals surface area contributed by atoms with Crippen LogP contribution in [0.5, 0.6) is 0 Å². The van der Waals surface area contributed by atoms with Gasteiger partial charge in [-0.1, -0.05) is 0 Å². The van der Waals surface area contributed by atoms with Crippen molar-refractivity contribution in [2.45, 2.75) is 36.6 Å². The molecule has 1 atom stereocenters. The first-order valence-electron chi connectivity index (χ1n) is 6.45. The molecule has 1 fully saturated rings. The maximum absolute atomic E-state index is 12.1. The van der Waals surface area contributed by atoms with E-state index >= 15 is 0 Å². The highest BCUT2D eigenvalue weighted by atomic mass is 32.2. The third kappa shape index (κ3) is 4.00. The Hall–Kier alpha value is -0.470. The highest BCUT2D eigenvalue weighted by molar-refractivity contribution is 7.91. The smallest absolute Gasteiger partial charge is 0.250 e. The van der Waals surface area contributed by atoms with Crippen molar-refractivity contribution in [1.82, 2.24) is 9.62 Å². The van der Waals surface area contributed by atoms with E-state index in [4.69, 9.17) is 5.11 Å². The monoisotopic (exact) mass is 304 g/mol. The van der Waals surface area contributed by atoms with Gasteiger partial charge in [-0.05, 0) is 45.0 Å². The lowest BCUT2D eigenvalue weighted by molar-refractivity contribution is 0.285. The molecule has 5 nitrogen and oxygen atoms in total. The summed E-state index contributed by atoms with van der Waals surface area (Å²) in [6.07, 6.45) is 2.40. The fraction of sp³-hybridized carbons (Fsp3) is 0.667. The number of sulfonamides is 1. The molecule has 2 heterocycles. The molecule has 1 saturated heterocycles. The number of thiophene rings is 1. The molecule has 1 aromatic heterocycles. The van der Waals surface area contributed by atoms with Gasteiger partial charge in [-0.25, -0.2) is 13.1 Å². The Morgan fingerprint density at radius 1 is 1.42 bits per heavy atom. The Kier molecular flexibility index (Phi) is 4.97. The lowest BCUT2D eigenvalue weighted by Gasteiger charge is -2.20. The molecule has 0 aliphatic carbocycles. The molecule has 0 aromatic carbocycles. The molecule has 1 aliphatic rings. The van der Waals surface area contributed by atoms with E-state index in [1.807, 2.05) is 6.92 Å². The zero-order valence-corrected chi connectivity index (χ0v) is 12.6. The van der Waals surface area contributed by atoms with Crippen molar-refractivity contribution in [3.05, 3.63) is 17.0 Å². The van der Waals surface area contributed by atoms with Crippen molar-refractivity contribution < 1.29 is 13.5 Å². The predicted octanol–water partition coefficient (Wildman–Crippen LogP) is 1.00. The highest BCUT2D eigenvalue weighted by Crippen LogP contribution is 2.21. The summed E-state index contributed by atoms with van der Waals surface area (Å²) in [6.45, 7) is 4.62. The van der Waals surface area contributed by atoms with Crippen molar-refractivity contribution in [2.24, 2.45) is 0 Å². The maximum atomic E-state index is 12.1. The van der Waals surface area contributed by atoms with Crippen LogP contribution in [-0.4, -0.2) is 44.1 Å². The summed E-state index contributed by atoms with van der Waals surface area (Å²) in [5.41, 5.74) is 0. The third-order valence-electron chi connectivity index (χ3n) is 3.14. The summed E-state index contributed by atoms with van der Waals surface area (Å²) in [6, 6.07) is 3.08. The molecule has 1 aliphatic heterocycles.